The van der Waals surface area contributed by atoms with E-state index in [1.165, 1.54) is 23.7 Å². The van der Waals surface area contributed by atoms with E-state index in [2.05, 4.69) is 10.5 Å². The number of nitrogens with zero attached hydrogens (tertiary/aromatic N) is 1. The summed E-state index contributed by atoms with van der Waals surface area (Å²) in [6.45, 7) is 5.87. The smallest absolute Gasteiger partial charge is 0.341 e. The van der Waals surface area contributed by atoms with Gasteiger partial charge in [0.25, 0.3) is 5.91 Å². The molecular weight excluding hydrogens is 356 g/mol. The summed E-state index contributed by atoms with van der Waals surface area (Å²) in [5.41, 5.74) is 1.37. The van der Waals surface area contributed by atoms with Crippen LogP contribution in [0.5, 0.6) is 0 Å². The molecule has 136 valence electrons. The monoisotopic (exact) mass is 374 g/mol. The van der Waals surface area contributed by atoms with E-state index < -0.39 is 11.9 Å². The van der Waals surface area contributed by atoms with Gasteiger partial charge in [0.2, 0.25) is 5.76 Å². The van der Waals surface area contributed by atoms with Gasteiger partial charge in [-0.05, 0) is 38.0 Å². The third-order valence-corrected chi connectivity index (χ3v) is 4.84. The lowest BCUT2D eigenvalue weighted by molar-refractivity contribution is 0.0527. The van der Waals surface area contributed by atoms with Gasteiger partial charge < -0.3 is 19.0 Å². The Kier molecular flexibility index (Phi) is 5.22. The maximum atomic E-state index is 12.5. The highest BCUT2D eigenvalue weighted by Crippen LogP contribution is 2.34. The zero-order chi connectivity index (χ0) is 18.7. The molecule has 0 aliphatic carbocycles. The van der Waals surface area contributed by atoms with E-state index in [0.29, 0.717) is 28.5 Å². The molecule has 0 unspecified atom stereocenters. The average Bonchev–Trinajstić information content (AvgIpc) is 3.34. The molecule has 0 atom stereocenters. The topological polar surface area (TPSA) is 94.6 Å². The van der Waals surface area contributed by atoms with Crippen LogP contribution in [0, 0.1) is 6.92 Å². The molecule has 0 spiro atoms. The molecule has 1 amide bonds. The first kappa shape index (κ1) is 17.9. The Labute approximate surface area is 153 Å². The van der Waals surface area contributed by atoms with E-state index in [4.69, 9.17) is 13.7 Å². The van der Waals surface area contributed by atoms with Crippen molar-refractivity contribution in [1.29, 1.82) is 0 Å². The molecule has 8 heteroatoms. The first-order chi connectivity index (χ1) is 12.5. The number of anilines is 1. The molecule has 0 fully saturated rings. The molecule has 1 N–H and O–H groups in total. The summed E-state index contributed by atoms with van der Waals surface area (Å²) in [4.78, 5) is 25.8. The first-order valence-electron chi connectivity index (χ1n) is 8.16. The largest absolute Gasteiger partial charge is 0.462 e. The van der Waals surface area contributed by atoms with Crippen molar-refractivity contribution in [2.45, 2.75) is 27.2 Å². The second kappa shape index (κ2) is 7.57. The molecule has 0 saturated heterocycles. The number of esters is 1. The van der Waals surface area contributed by atoms with Crippen molar-refractivity contribution in [2.75, 3.05) is 11.9 Å². The molecule has 0 saturated carbocycles. The van der Waals surface area contributed by atoms with Crippen LogP contribution >= 0.6 is 11.3 Å². The minimum Gasteiger partial charge on any atom is -0.462 e. The molecule has 0 aliphatic heterocycles. The van der Waals surface area contributed by atoms with E-state index in [9.17, 15) is 9.59 Å². The van der Waals surface area contributed by atoms with Crippen molar-refractivity contribution < 1.29 is 23.3 Å². The van der Waals surface area contributed by atoms with Gasteiger partial charge in [0.05, 0.1) is 18.4 Å². The molecule has 0 aliphatic rings. The molecule has 0 bridgehead atoms. The molecule has 0 radical (unpaired) electrons. The Bertz CT molecular complexity index is 924. The van der Waals surface area contributed by atoms with Gasteiger partial charge in [0.15, 0.2) is 11.5 Å². The number of carbonyl (C=O) groups excluding carboxylic acids is 2. The highest BCUT2D eigenvalue weighted by atomic mass is 32.1. The number of aromatic nitrogens is 1. The first-order valence-corrected chi connectivity index (χ1v) is 8.98. The number of hydrogen-bond acceptors (Lipinski definition) is 7. The van der Waals surface area contributed by atoms with Crippen LogP contribution in [-0.4, -0.2) is 23.6 Å². The fraction of sp³-hybridized carbons (Fsp3) is 0.278. The number of thiophene rings is 1. The van der Waals surface area contributed by atoms with Crippen molar-refractivity contribution in [3.05, 3.63) is 46.2 Å². The van der Waals surface area contributed by atoms with Crippen LogP contribution in [0.1, 0.15) is 45.1 Å². The standard InChI is InChI=1S/C18H18N2O5S/c1-4-11-10(3)26-17(15(11)18(22)23-5-2)19-16(21)12-9-14(25-20-12)13-7-6-8-24-13/h6-9H,4-5H2,1-3H3,(H,19,21). The second-order valence-electron chi connectivity index (χ2n) is 5.42. The Hall–Kier alpha value is -2.87. The lowest BCUT2D eigenvalue weighted by Crippen LogP contribution is -2.15. The number of carbonyl (C=O) groups is 2. The minimum atomic E-state index is -0.471. The SMILES string of the molecule is CCOC(=O)c1c(NC(=O)c2cc(-c3ccco3)on2)sc(C)c1CC. The predicted octanol–water partition coefficient (Wildman–Crippen LogP) is 4.30. The van der Waals surface area contributed by atoms with Crippen LogP contribution in [0.25, 0.3) is 11.5 Å². The van der Waals surface area contributed by atoms with E-state index in [1.54, 1.807) is 19.1 Å². The van der Waals surface area contributed by atoms with Gasteiger partial charge in [0, 0.05) is 10.9 Å². The predicted molar refractivity (Wildman–Crippen MR) is 96.5 cm³/mol. The molecule has 26 heavy (non-hydrogen) atoms. The number of rotatable bonds is 6. The van der Waals surface area contributed by atoms with Gasteiger partial charge in [-0.1, -0.05) is 12.1 Å². The van der Waals surface area contributed by atoms with Gasteiger partial charge in [-0.15, -0.1) is 11.3 Å². The van der Waals surface area contributed by atoms with Crippen molar-refractivity contribution in [1.82, 2.24) is 5.16 Å². The number of hydrogen-bond donors (Lipinski definition) is 1. The molecule has 3 rings (SSSR count). The number of aryl methyl sites for hydroxylation is 1. The zero-order valence-electron chi connectivity index (χ0n) is 14.6. The van der Waals surface area contributed by atoms with E-state index >= 15 is 0 Å². The number of furan rings is 1. The number of amides is 1. The van der Waals surface area contributed by atoms with Crippen LogP contribution in [0.15, 0.2) is 33.4 Å². The summed E-state index contributed by atoms with van der Waals surface area (Å²) in [6.07, 6.45) is 2.17. The van der Waals surface area contributed by atoms with Crippen LogP contribution in [-0.2, 0) is 11.2 Å². The van der Waals surface area contributed by atoms with Gasteiger partial charge in [-0.2, -0.15) is 0 Å². The zero-order valence-corrected chi connectivity index (χ0v) is 15.4. The summed E-state index contributed by atoms with van der Waals surface area (Å²) >= 11 is 1.34. The third kappa shape index (κ3) is 3.41. The highest BCUT2D eigenvalue weighted by molar-refractivity contribution is 7.16. The van der Waals surface area contributed by atoms with E-state index in [1.807, 2.05) is 13.8 Å². The Balaban J connectivity index is 1.86. The fourth-order valence-electron chi connectivity index (χ4n) is 2.60. The molecular formula is C18H18N2O5S. The van der Waals surface area contributed by atoms with E-state index in [-0.39, 0.29) is 12.3 Å². The van der Waals surface area contributed by atoms with Gasteiger partial charge in [-0.3, -0.25) is 4.79 Å². The quantitative estimate of drug-likeness (QED) is 0.647. The summed E-state index contributed by atoms with van der Waals surface area (Å²) in [5.74, 6) is -0.0900. The third-order valence-electron chi connectivity index (χ3n) is 3.78. The molecule has 3 heterocycles. The number of nitrogens with one attached hydrogen (secondary N) is 1. The van der Waals surface area contributed by atoms with Crippen molar-refractivity contribution in [3.8, 4) is 11.5 Å². The number of ether oxygens (including phenoxy) is 1. The minimum absolute atomic E-state index is 0.0929. The molecule has 0 aromatic carbocycles. The summed E-state index contributed by atoms with van der Waals surface area (Å²) in [7, 11) is 0. The summed E-state index contributed by atoms with van der Waals surface area (Å²) < 4.78 is 15.5. The fourth-order valence-corrected chi connectivity index (χ4v) is 3.72. The van der Waals surface area contributed by atoms with Crippen LogP contribution < -0.4 is 5.32 Å². The Morgan fingerprint density at radius 1 is 1.31 bits per heavy atom. The normalized spacial score (nSPS) is 10.7. The van der Waals surface area contributed by atoms with E-state index in [0.717, 1.165) is 10.4 Å². The molecule has 3 aromatic rings. The summed E-state index contributed by atoms with van der Waals surface area (Å²) in [6, 6.07) is 4.90. The van der Waals surface area contributed by atoms with Gasteiger partial charge >= 0.3 is 5.97 Å². The molecule has 3 aromatic heterocycles. The van der Waals surface area contributed by atoms with Crippen molar-refractivity contribution in [2.24, 2.45) is 0 Å². The Morgan fingerprint density at radius 3 is 2.77 bits per heavy atom. The maximum Gasteiger partial charge on any atom is 0.341 e. The lowest BCUT2D eigenvalue weighted by atomic mass is 10.1. The van der Waals surface area contributed by atoms with Crippen molar-refractivity contribution >= 4 is 28.2 Å². The summed E-state index contributed by atoms with van der Waals surface area (Å²) in [5, 5.41) is 6.97. The van der Waals surface area contributed by atoms with Crippen LogP contribution in [0.4, 0.5) is 5.00 Å². The second-order valence-corrected chi connectivity index (χ2v) is 6.65. The van der Waals surface area contributed by atoms with Crippen LogP contribution in [0.2, 0.25) is 0 Å². The highest BCUT2D eigenvalue weighted by Gasteiger charge is 2.25. The maximum absolute atomic E-state index is 12.5. The van der Waals surface area contributed by atoms with Crippen molar-refractivity contribution in [3.63, 3.8) is 0 Å². The molecule has 7 nitrogen and oxygen atoms in total. The lowest BCUT2D eigenvalue weighted by Gasteiger charge is -2.06. The van der Waals surface area contributed by atoms with Gasteiger partial charge in [0.1, 0.15) is 5.00 Å². The van der Waals surface area contributed by atoms with Gasteiger partial charge in [-0.25, -0.2) is 4.79 Å². The Morgan fingerprint density at radius 2 is 2.12 bits per heavy atom. The average molecular weight is 374 g/mol. The van der Waals surface area contributed by atoms with Crippen LogP contribution in [0.3, 0.4) is 0 Å².